The van der Waals surface area contributed by atoms with Gasteiger partial charge in [-0.1, -0.05) is 133 Å². The van der Waals surface area contributed by atoms with Crippen LogP contribution in [0.3, 0.4) is 0 Å². The summed E-state index contributed by atoms with van der Waals surface area (Å²) >= 11 is 0. The van der Waals surface area contributed by atoms with Gasteiger partial charge in [-0.15, -0.1) is 0 Å². The van der Waals surface area contributed by atoms with E-state index in [2.05, 4.69) is 33.7 Å². The van der Waals surface area contributed by atoms with E-state index in [1.165, 1.54) is 4.90 Å². The molecule has 0 spiro atoms. The van der Waals surface area contributed by atoms with E-state index in [1.807, 2.05) is 146 Å². The highest BCUT2D eigenvalue weighted by atomic mass is 16.2. The van der Waals surface area contributed by atoms with Crippen molar-refractivity contribution in [1.82, 2.24) is 4.57 Å². The maximum Gasteiger partial charge on any atom is 0.268 e. The quantitative estimate of drug-likeness (QED) is 0.126. The van der Waals surface area contributed by atoms with Crippen molar-refractivity contribution in [2.45, 2.75) is 0 Å². The van der Waals surface area contributed by atoms with E-state index in [9.17, 15) is 10.1 Å². The number of nitriles is 1. The molecule has 6 heteroatoms. The second-order valence-electron chi connectivity index (χ2n) is 14.2. The number of para-hydroxylation sites is 1. The molecule has 0 fully saturated rings. The minimum Gasteiger partial charge on any atom is -0.308 e. The van der Waals surface area contributed by atoms with Crippen molar-refractivity contribution in [3.05, 3.63) is 210 Å². The first-order chi connectivity index (χ1) is 28.5. The molecule has 10 rings (SSSR count). The van der Waals surface area contributed by atoms with E-state index in [-0.39, 0.29) is 0 Å². The Kier molecular flexibility index (Phi) is 8.11. The number of hydrogen-bond donors (Lipinski definition) is 0. The summed E-state index contributed by atoms with van der Waals surface area (Å²) in [6.07, 6.45) is 0. The van der Waals surface area contributed by atoms with E-state index >= 15 is 4.79 Å². The Balaban J connectivity index is 1.21. The molecule has 1 aliphatic heterocycles. The van der Waals surface area contributed by atoms with Gasteiger partial charge in [-0.05, 0) is 93.0 Å². The van der Waals surface area contributed by atoms with Crippen LogP contribution in [0, 0.1) is 17.9 Å². The van der Waals surface area contributed by atoms with E-state index in [1.54, 1.807) is 18.2 Å². The number of hydrogen-bond acceptors (Lipinski definition) is 3. The summed E-state index contributed by atoms with van der Waals surface area (Å²) < 4.78 is 2.05. The lowest BCUT2D eigenvalue weighted by Gasteiger charge is -2.18. The predicted octanol–water partition coefficient (Wildman–Crippen LogP) is 12.7. The SMILES string of the molecule is [C-]#[N+]c1ccccc1-c1ccc2c3ccc(-c4ccccc4C#N)cc3n(-c3cccc4c3C(=O)N(c3cc(-c5ccccc5)cc(-c5ccccc5)c3)C4=O)c2c1. The van der Waals surface area contributed by atoms with Gasteiger partial charge < -0.3 is 4.57 Å². The molecule has 0 unspecified atom stereocenters. The van der Waals surface area contributed by atoms with Crippen molar-refractivity contribution < 1.29 is 9.59 Å². The molecule has 0 aliphatic carbocycles. The fraction of sp³-hybridized carbons (Fsp3) is 0. The first kappa shape index (κ1) is 34.2. The zero-order chi connectivity index (χ0) is 39.3. The van der Waals surface area contributed by atoms with E-state index in [0.717, 1.165) is 66.3 Å². The van der Waals surface area contributed by atoms with Crippen molar-refractivity contribution in [2.24, 2.45) is 0 Å². The molecule has 2 amide bonds. The van der Waals surface area contributed by atoms with Crippen LogP contribution in [-0.4, -0.2) is 16.4 Å². The number of fused-ring (bicyclic) bond motifs is 4. The molecule has 2 heterocycles. The first-order valence-electron chi connectivity index (χ1n) is 18.8. The largest absolute Gasteiger partial charge is 0.308 e. The highest BCUT2D eigenvalue weighted by Crippen LogP contribution is 2.42. The summed E-state index contributed by atoms with van der Waals surface area (Å²) in [4.78, 5) is 34.8. The fourth-order valence-corrected chi connectivity index (χ4v) is 8.28. The molecule has 0 saturated heterocycles. The third kappa shape index (κ3) is 5.48. The van der Waals surface area contributed by atoms with Crippen LogP contribution in [0.1, 0.15) is 26.3 Å². The highest BCUT2D eigenvalue weighted by Gasteiger charge is 2.40. The molecule has 0 atom stereocenters. The molecule has 0 N–H and O–H groups in total. The third-order valence-electron chi connectivity index (χ3n) is 11.0. The summed E-state index contributed by atoms with van der Waals surface area (Å²) in [6, 6.07) is 60.8. The molecular weight excluding hydrogens is 713 g/mol. The van der Waals surface area contributed by atoms with Gasteiger partial charge in [0.05, 0.1) is 51.7 Å². The minimum absolute atomic E-state index is 0.299. The standard InChI is InChI=1S/C52H30N4O2/c1-54-46-21-11-10-19-42(46)36-24-26-44-43-25-23-35(41-18-9-8-17-37(41)32-53)30-48(43)56(49(44)31-36)47-22-12-20-45-50(47)52(58)55(51(45)57)40-28-38(33-13-4-2-5-14-33)27-39(29-40)34-15-6-3-7-16-34/h2-31H. The molecule has 0 radical (unpaired) electrons. The lowest BCUT2D eigenvalue weighted by molar-refractivity contribution is 0.0926. The second kappa shape index (κ2) is 13.8. The molecule has 1 aromatic heterocycles. The van der Waals surface area contributed by atoms with Crippen molar-refractivity contribution in [3.63, 3.8) is 0 Å². The maximum atomic E-state index is 15.1. The molecule has 8 aromatic carbocycles. The van der Waals surface area contributed by atoms with Crippen LogP contribution in [0.25, 0.3) is 76.8 Å². The Morgan fingerprint density at radius 1 is 0.483 bits per heavy atom. The maximum absolute atomic E-state index is 15.1. The van der Waals surface area contributed by atoms with Gasteiger partial charge in [0.1, 0.15) is 0 Å². The Hall–Kier alpha value is -8.32. The van der Waals surface area contributed by atoms with Gasteiger partial charge in [0, 0.05) is 10.8 Å². The molecule has 58 heavy (non-hydrogen) atoms. The Bertz CT molecular complexity index is 3070. The average molecular weight is 743 g/mol. The normalized spacial score (nSPS) is 12.1. The number of amides is 2. The molecule has 270 valence electrons. The van der Waals surface area contributed by atoms with Gasteiger partial charge in [0.25, 0.3) is 11.8 Å². The van der Waals surface area contributed by atoms with Gasteiger partial charge >= 0.3 is 0 Å². The number of anilines is 1. The molecule has 9 aromatic rings. The Morgan fingerprint density at radius 2 is 1.03 bits per heavy atom. The smallest absolute Gasteiger partial charge is 0.268 e. The first-order valence-corrected chi connectivity index (χ1v) is 18.8. The summed E-state index contributed by atoms with van der Waals surface area (Å²) in [5.41, 5.74) is 11.3. The topological polar surface area (TPSA) is 70.5 Å². The zero-order valence-corrected chi connectivity index (χ0v) is 30.9. The fourth-order valence-electron chi connectivity index (χ4n) is 8.28. The van der Waals surface area contributed by atoms with Crippen molar-refractivity contribution >= 4 is 45.0 Å². The lowest BCUT2D eigenvalue weighted by Crippen LogP contribution is -2.29. The molecule has 1 aliphatic rings. The monoisotopic (exact) mass is 742 g/mol. The van der Waals surface area contributed by atoms with Crippen molar-refractivity contribution in [2.75, 3.05) is 4.90 Å². The van der Waals surface area contributed by atoms with E-state index in [0.29, 0.717) is 33.8 Å². The molecule has 6 nitrogen and oxygen atoms in total. The zero-order valence-electron chi connectivity index (χ0n) is 30.9. The molecule has 0 bridgehead atoms. The second-order valence-corrected chi connectivity index (χ2v) is 14.2. The number of benzene rings is 8. The van der Waals surface area contributed by atoms with Crippen LogP contribution in [0.5, 0.6) is 0 Å². The van der Waals surface area contributed by atoms with Gasteiger partial charge in [0.2, 0.25) is 0 Å². The predicted molar refractivity (Wildman–Crippen MR) is 231 cm³/mol. The number of imide groups is 1. The highest BCUT2D eigenvalue weighted by molar-refractivity contribution is 6.36. The molecular formula is C52H30N4O2. The van der Waals surface area contributed by atoms with Crippen LogP contribution in [0.2, 0.25) is 0 Å². The lowest BCUT2D eigenvalue weighted by atomic mass is 9.97. The van der Waals surface area contributed by atoms with Crippen LogP contribution in [0.15, 0.2) is 182 Å². The van der Waals surface area contributed by atoms with Crippen molar-refractivity contribution in [1.29, 1.82) is 5.26 Å². The van der Waals surface area contributed by atoms with Gasteiger partial charge in [-0.2, -0.15) is 5.26 Å². The van der Waals surface area contributed by atoms with Crippen LogP contribution in [-0.2, 0) is 0 Å². The molecule has 0 saturated carbocycles. The number of carbonyl (C=O) groups is 2. The van der Waals surface area contributed by atoms with Crippen molar-refractivity contribution in [3.8, 4) is 56.3 Å². The Morgan fingerprint density at radius 3 is 1.66 bits per heavy atom. The number of nitrogens with zero attached hydrogens (tertiary/aromatic N) is 4. The summed E-state index contributed by atoms with van der Waals surface area (Å²) in [5, 5.41) is 11.9. The summed E-state index contributed by atoms with van der Waals surface area (Å²) in [5.74, 6) is -0.822. The van der Waals surface area contributed by atoms with Crippen LogP contribution in [0.4, 0.5) is 11.4 Å². The van der Waals surface area contributed by atoms with Crippen LogP contribution < -0.4 is 4.90 Å². The van der Waals surface area contributed by atoms with Gasteiger partial charge in [-0.3, -0.25) is 9.59 Å². The van der Waals surface area contributed by atoms with E-state index < -0.39 is 11.8 Å². The van der Waals surface area contributed by atoms with E-state index in [4.69, 9.17) is 6.57 Å². The number of aromatic nitrogens is 1. The number of carbonyl (C=O) groups excluding carboxylic acids is 2. The number of rotatable bonds is 6. The average Bonchev–Trinajstić information content (AvgIpc) is 3.75. The van der Waals surface area contributed by atoms with Crippen LogP contribution >= 0.6 is 0 Å². The summed E-state index contributed by atoms with van der Waals surface area (Å²) in [6.45, 7) is 7.86. The summed E-state index contributed by atoms with van der Waals surface area (Å²) in [7, 11) is 0. The third-order valence-corrected chi connectivity index (χ3v) is 11.0. The van der Waals surface area contributed by atoms with Gasteiger partial charge in [0.15, 0.2) is 5.69 Å². The minimum atomic E-state index is -0.421. The van der Waals surface area contributed by atoms with Gasteiger partial charge in [-0.25, -0.2) is 9.74 Å². The Labute approximate surface area is 334 Å².